The van der Waals surface area contributed by atoms with Gasteiger partial charge in [-0.05, 0) is 128 Å². The van der Waals surface area contributed by atoms with Gasteiger partial charge in [-0.3, -0.25) is 28.8 Å². The van der Waals surface area contributed by atoms with Gasteiger partial charge < -0.3 is 28.4 Å². The van der Waals surface area contributed by atoms with Crippen molar-refractivity contribution in [2.24, 2.45) is 0 Å². The van der Waals surface area contributed by atoms with E-state index in [1.54, 1.807) is 0 Å². The minimum atomic E-state index is -0.931. The monoisotopic (exact) mass is 1350 g/mol. The molecule has 0 aliphatic rings. The van der Waals surface area contributed by atoms with Crippen LogP contribution in [0.15, 0.2) is 36.5 Å². The van der Waals surface area contributed by atoms with E-state index in [4.69, 9.17) is 28.4 Å². The number of carbonyl (C=O) groups excluding carboxylic acids is 6. The van der Waals surface area contributed by atoms with Crippen molar-refractivity contribution in [3.05, 3.63) is 36.5 Å². The molecule has 0 aromatic carbocycles. The zero-order valence-electron chi connectivity index (χ0n) is 63.3. The Hall–Kier alpha value is -3.96. The lowest BCUT2D eigenvalue weighted by molar-refractivity contribution is -0.176. The van der Waals surface area contributed by atoms with Gasteiger partial charge >= 0.3 is 35.8 Å². The Bertz CT molecular complexity index is 1840. The van der Waals surface area contributed by atoms with Gasteiger partial charge in [0, 0.05) is 38.5 Å². The number of esters is 6. The second-order valence-electron chi connectivity index (χ2n) is 27.9. The van der Waals surface area contributed by atoms with Crippen LogP contribution in [0.3, 0.4) is 0 Å². The molecule has 0 radical (unpaired) electrons. The summed E-state index contributed by atoms with van der Waals surface area (Å²) < 4.78 is 35.1. The van der Waals surface area contributed by atoms with Crippen molar-refractivity contribution in [1.82, 2.24) is 0 Å². The van der Waals surface area contributed by atoms with Crippen molar-refractivity contribution in [2.75, 3.05) is 19.8 Å². The topological polar surface area (TPSA) is 158 Å². The molecule has 3 atom stereocenters. The molecule has 0 saturated carbocycles. The van der Waals surface area contributed by atoms with Crippen LogP contribution in [0.25, 0.3) is 0 Å². The first-order chi connectivity index (χ1) is 47.1. The fourth-order valence-electron chi connectivity index (χ4n) is 12.0. The molecule has 0 fully saturated rings. The largest absolute Gasteiger partial charge is 0.462 e. The molecule has 3 unspecified atom stereocenters. The number of hydrogen-bond acceptors (Lipinski definition) is 12. The summed E-state index contributed by atoms with van der Waals surface area (Å²) in [5.74, 6) is -2.17. The maximum atomic E-state index is 13.7. The Morgan fingerprint density at radius 2 is 0.427 bits per heavy atom. The highest BCUT2D eigenvalue weighted by Gasteiger charge is 2.30. The smallest absolute Gasteiger partial charge is 0.306 e. The predicted molar refractivity (Wildman–Crippen MR) is 400 cm³/mol. The van der Waals surface area contributed by atoms with E-state index in [1.807, 2.05) is 0 Å². The number of carbonyl (C=O) groups is 6. The normalized spacial score (nSPS) is 12.6. The van der Waals surface area contributed by atoms with Crippen LogP contribution >= 0.6 is 0 Å². The molecule has 0 aliphatic carbocycles. The van der Waals surface area contributed by atoms with E-state index in [9.17, 15) is 28.8 Å². The number of allylic oxidation sites excluding steroid dienone is 6. The van der Waals surface area contributed by atoms with Gasteiger partial charge in [0.15, 0.2) is 12.2 Å². The molecule has 96 heavy (non-hydrogen) atoms. The summed E-state index contributed by atoms with van der Waals surface area (Å²) >= 11 is 0. The van der Waals surface area contributed by atoms with Gasteiger partial charge in [-0.1, -0.05) is 296 Å². The van der Waals surface area contributed by atoms with Gasteiger partial charge in [0.1, 0.15) is 25.9 Å². The Kier molecular flexibility index (Phi) is 72.1. The molecule has 0 aromatic rings. The molecule has 12 nitrogen and oxygen atoms in total. The summed E-state index contributed by atoms with van der Waals surface area (Å²) in [6.07, 6.45) is 72.3. The SMILES string of the molecule is CCCCCCCC/C=C\CCCCCCCC(=O)OCC(OC(=O)CCCCCCC/C=C\CCCCCCCC)C(CCCCCCCC(=O)OCC(COC(=O)CCCCCCC)OC(=O)CCCCCCC)OC(=O)CCCCCCC/C=C\CCCCCCCC. The first-order valence-corrected chi connectivity index (χ1v) is 41.1. The van der Waals surface area contributed by atoms with Crippen molar-refractivity contribution in [3.63, 3.8) is 0 Å². The molecule has 0 rings (SSSR count). The van der Waals surface area contributed by atoms with Gasteiger partial charge in [-0.25, -0.2) is 0 Å². The van der Waals surface area contributed by atoms with Gasteiger partial charge in [0.25, 0.3) is 0 Å². The molecule has 0 saturated heterocycles. The third kappa shape index (κ3) is 68.6. The average Bonchev–Trinajstić information content (AvgIpc) is 1.61. The molecule has 0 bridgehead atoms. The molecule has 0 N–H and O–H groups in total. The van der Waals surface area contributed by atoms with Gasteiger partial charge in [0.05, 0.1) is 0 Å². The Labute approximate surface area is 591 Å². The number of unbranched alkanes of at least 4 members (excludes halogenated alkanes) is 45. The minimum absolute atomic E-state index is 0.158. The highest BCUT2D eigenvalue weighted by atomic mass is 16.6. The summed E-state index contributed by atoms with van der Waals surface area (Å²) in [4.78, 5) is 79.2. The van der Waals surface area contributed by atoms with Crippen LogP contribution in [-0.2, 0) is 57.2 Å². The highest BCUT2D eigenvalue weighted by molar-refractivity contribution is 5.72. The Morgan fingerprint density at radius 1 is 0.219 bits per heavy atom. The first-order valence-electron chi connectivity index (χ1n) is 41.1. The van der Waals surface area contributed by atoms with Crippen molar-refractivity contribution in [3.8, 4) is 0 Å². The molecular formula is C84H152O12. The standard InChI is InChI=1S/C84H152O12/c1-6-11-16-21-24-27-30-33-36-39-42-45-48-55-61-69-81(87)93-75-78(96-84(90)72-65-57-50-47-44-41-38-35-32-29-26-23-18-13-8-3)77(95-83(89)71-64-56-49-46-43-40-37-34-31-28-25-22-17-12-7-2)66-59-54-51-58-62-68-80(86)92-74-76(94-82(88)70-63-53-20-15-10-5)73-91-79(85)67-60-52-19-14-9-4/h33-38,76-78H,6-32,39-75H2,1-5H3/b36-33-,37-34-,38-35-. The van der Waals surface area contributed by atoms with E-state index in [0.29, 0.717) is 44.9 Å². The maximum Gasteiger partial charge on any atom is 0.306 e. The fourth-order valence-corrected chi connectivity index (χ4v) is 12.0. The number of ether oxygens (including phenoxy) is 6. The molecular weight excluding hydrogens is 1200 g/mol. The highest BCUT2D eigenvalue weighted by Crippen LogP contribution is 2.22. The number of hydrogen-bond donors (Lipinski definition) is 0. The Morgan fingerprint density at radius 3 is 0.708 bits per heavy atom. The molecule has 0 amide bonds. The van der Waals surface area contributed by atoms with Crippen molar-refractivity contribution in [1.29, 1.82) is 0 Å². The second kappa shape index (κ2) is 75.2. The first kappa shape index (κ1) is 92.0. The van der Waals surface area contributed by atoms with Crippen LogP contribution in [0.4, 0.5) is 0 Å². The van der Waals surface area contributed by atoms with Gasteiger partial charge in [0.2, 0.25) is 0 Å². The summed E-state index contributed by atoms with van der Waals surface area (Å²) in [5, 5.41) is 0. The lowest BCUT2D eigenvalue weighted by atomic mass is 10.0. The lowest BCUT2D eigenvalue weighted by Crippen LogP contribution is -2.39. The zero-order valence-corrected chi connectivity index (χ0v) is 63.3. The van der Waals surface area contributed by atoms with Crippen molar-refractivity contribution >= 4 is 35.8 Å². The molecule has 12 heteroatoms. The second-order valence-corrected chi connectivity index (χ2v) is 27.9. The van der Waals surface area contributed by atoms with E-state index in [-0.39, 0.29) is 81.8 Å². The Balaban J connectivity index is 5.79. The quantitative estimate of drug-likeness (QED) is 0.0246. The van der Waals surface area contributed by atoms with E-state index in [2.05, 4.69) is 71.1 Å². The molecule has 0 aliphatic heterocycles. The van der Waals surface area contributed by atoms with Crippen LogP contribution in [-0.4, -0.2) is 73.9 Å². The van der Waals surface area contributed by atoms with E-state index >= 15 is 0 Å². The summed E-state index contributed by atoms with van der Waals surface area (Å²) in [6, 6.07) is 0. The molecule has 0 spiro atoms. The molecule has 560 valence electrons. The summed E-state index contributed by atoms with van der Waals surface area (Å²) in [5.41, 5.74) is 0. The van der Waals surface area contributed by atoms with Crippen LogP contribution < -0.4 is 0 Å². The molecule has 0 heterocycles. The van der Waals surface area contributed by atoms with Crippen LogP contribution in [0.2, 0.25) is 0 Å². The lowest BCUT2D eigenvalue weighted by Gasteiger charge is -2.27. The fraction of sp³-hybridized carbons (Fsp3) is 0.857. The summed E-state index contributed by atoms with van der Waals surface area (Å²) in [7, 11) is 0. The third-order valence-electron chi connectivity index (χ3n) is 18.3. The number of rotatable bonds is 75. The van der Waals surface area contributed by atoms with Gasteiger partial charge in [-0.2, -0.15) is 0 Å². The predicted octanol–water partition coefficient (Wildman–Crippen LogP) is 24.9. The van der Waals surface area contributed by atoms with Crippen molar-refractivity contribution < 1.29 is 57.2 Å². The van der Waals surface area contributed by atoms with Gasteiger partial charge in [-0.15, -0.1) is 0 Å². The van der Waals surface area contributed by atoms with E-state index < -0.39 is 24.3 Å². The van der Waals surface area contributed by atoms with Crippen LogP contribution in [0.1, 0.15) is 426 Å². The zero-order chi connectivity index (χ0) is 69.9. The van der Waals surface area contributed by atoms with Crippen LogP contribution in [0, 0.1) is 0 Å². The average molecular weight is 1350 g/mol. The third-order valence-corrected chi connectivity index (χ3v) is 18.3. The van der Waals surface area contributed by atoms with E-state index in [1.165, 1.54) is 122 Å². The molecule has 0 aromatic heterocycles. The van der Waals surface area contributed by atoms with Crippen molar-refractivity contribution in [2.45, 2.75) is 445 Å². The maximum absolute atomic E-state index is 13.7. The minimum Gasteiger partial charge on any atom is -0.462 e. The van der Waals surface area contributed by atoms with E-state index in [0.717, 1.165) is 193 Å². The van der Waals surface area contributed by atoms with Crippen LogP contribution in [0.5, 0.6) is 0 Å². The summed E-state index contributed by atoms with van der Waals surface area (Å²) in [6.45, 7) is 10.6.